The van der Waals surface area contributed by atoms with Crippen LogP contribution in [0.1, 0.15) is 33.4 Å². The molecule has 1 aliphatic rings. The lowest BCUT2D eigenvalue weighted by Gasteiger charge is -2.35. The van der Waals surface area contributed by atoms with Gasteiger partial charge in [0.05, 0.1) is 24.8 Å². The van der Waals surface area contributed by atoms with Gasteiger partial charge >= 0.3 is 6.09 Å². The van der Waals surface area contributed by atoms with Gasteiger partial charge in [-0.25, -0.2) is 4.79 Å². The molecule has 1 aromatic heterocycles. The predicted molar refractivity (Wildman–Crippen MR) is 63.5 cm³/mol. The van der Waals surface area contributed by atoms with Crippen LogP contribution in [0.2, 0.25) is 0 Å². The molecular weight excluding hydrogens is 218 g/mol. The maximum Gasteiger partial charge on any atom is 0.410 e. The summed E-state index contributed by atoms with van der Waals surface area (Å²) < 4.78 is 7.33. The molecule has 17 heavy (non-hydrogen) atoms. The van der Waals surface area contributed by atoms with Crippen LogP contribution >= 0.6 is 0 Å². The second-order valence-electron chi connectivity index (χ2n) is 5.46. The van der Waals surface area contributed by atoms with E-state index in [1.165, 1.54) is 0 Å². The van der Waals surface area contributed by atoms with Gasteiger partial charge in [-0.2, -0.15) is 5.10 Å². The van der Waals surface area contributed by atoms with Gasteiger partial charge in [0, 0.05) is 6.20 Å². The van der Waals surface area contributed by atoms with Crippen molar-refractivity contribution in [2.24, 2.45) is 0 Å². The molecule has 0 fully saturated rings. The van der Waals surface area contributed by atoms with Crippen molar-refractivity contribution in [2.45, 2.75) is 52.4 Å². The molecule has 0 aliphatic carbocycles. The average molecular weight is 237 g/mol. The first-order valence-electron chi connectivity index (χ1n) is 5.87. The number of hydrogen-bond acceptors (Lipinski definition) is 3. The van der Waals surface area contributed by atoms with E-state index in [1.807, 2.05) is 38.4 Å². The van der Waals surface area contributed by atoms with E-state index in [0.717, 1.165) is 12.2 Å². The molecule has 2 rings (SSSR count). The number of carbonyl (C=O) groups excluding carboxylic acids is 1. The van der Waals surface area contributed by atoms with Crippen molar-refractivity contribution in [2.75, 3.05) is 0 Å². The van der Waals surface area contributed by atoms with E-state index in [-0.39, 0.29) is 12.1 Å². The van der Waals surface area contributed by atoms with Gasteiger partial charge in [0.2, 0.25) is 0 Å². The predicted octanol–water partition coefficient (Wildman–Crippen LogP) is 2.02. The minimum atomic E-state index is -0.450. The molecule has 0 radical (unpaired) electrons. The fraction of sp³-hybridized carbons (Fsp3) is 0.667. The number of rotatable bonds is 0. The van der Waals surface area contributed by atoms with Crippen LogP contribution in [0.3, 0.4) is 0 Å². The van der Waals surface area contributed by atoms with Crippen LogP contribution in [0.25, 0.3) is 0 Å². The van der Waals surface area contributed by atoms with Gasteiger partial charge in [-0.3, -0.25) is 9.58 Å². The summed E-state index contributed by atoms with van der Waals surface area (Å²) >= 11 is 0. The van der Waals surface area contributed by atoms with Gasteiger partial charge in [0.15, 0.2) is 0 Å². The lowest BCUT2D eigenvalue weighted by molar-refractivity contribution is 0.00907. The van der Waals surface area contributed by atoms with E-state index in [9.17, 15) is 4.79 Å². The minimum Gasteiger partial charge on any atom is -0.444 e. The highest BCUT2D eigenvalue weighted by molar-refractivity contribution is 5.68. The van der Waals surface area contributed by atoms with Crippen molar-refractivity contribution in [3.8, 4) is 0 Å². The zero-order valence-corrected chi connectivity index (χ0v) is 10.8. The lowest BCUT2D eigenvalue weighted by Crippen LogP contribution is -2.46. The maximum atomic E-state index is 12.0. The standard InChI is InChI=1S/C12H19N3O2/c1-9-7-15-10(5-6-13-15)8-14(9)11(16)17-12(2,3)4/h5-6,9H,7-8H2,1-4H3/t9-/m0/s1. The largest absolute Gasteiger partial charge is 0.444 e. The van der Waals surface area contributed by atoms with Gasteiger partial charge in [-0.15, -0.1) is 0 Å². The smallest absolute Gasteiger partial charge is 0.410 e. The minimum absolute atomic E-state index is 0.109. The van der Waals surface area contributed by atoms with Crippen LogP contribution in [0.4, 0.5) is 4.79 Å². The van der Waals surface area contributed by atoms with Crippen LogP contribution < -0.4 is 0 Å². The Kier molecular flexibility index (Phi) is 2.85. The molecule has 0 N–H and O–H groups in total. The second kappa shape index (κ2) is 4.05. The van der Waals surface area contributed by atoms with Crippen molar-refractivity contribution in [1.82, 2.24) is 14.7 Å². The van der Waals surface area contributed by atoms with Crippen molar-refractivity contribution in [3.63, 3.8) is 0 Å². The highest BCUT2D eigenvalue weighted by Crippen LogP contribution is 2.19. The van der Waals surface area contributed by atoms with Gasteiger partial charge in [-0.05, 0) is 33.8 Å². The SMILES string of the molecule is C[C@H]1Cn2nccc2CN1C(=O)OC(C)(C)C. The molecule has 1 atom stereocenters. The summed E-state index contributed by atoms with van der Waals surface area (Å²) in [6.45, 7) is 8.93. The highest BCUT2D eigenvalue weighted by atomic mass is 16.6. The normalized spacial score (nSPS) is 20.0. The monoisotopic (exact) mass is 237 g/mol. The van der Waals surface area contributed by atoms with E-state index < -0.39 is 5.60 Å². The third-order valence-corrected chi connectivity index (χ3v) is 2.73. The van der Waals surface area contributed by atoms with Gasteiger partial charge < -0.3 is 4.74 Å². The lowest BCUT2D eigenvalue weighted by atomic mass is 10.2. The fourth-order valence-corrected chi connectivity index (χ4v) is 1.90. The molecular formula is C12H19N3O2. The zero-order chi connectivity index (χ0) is 12.6. The molecule has 5 heteroatoms. The number of nitrogens with zero attached hydrogens (tertiary/aromatic N) is 3. The molecule has 0 aromatic carbocycles. The zero-order valence-electron chi connectivity index (χ0n) is 10.8. The summed E-state index contributed by atoms with van der Waals surface area (Å²) in [5.74, 6) is 0. The number of aromatic nitrogens is 2. The Morgan fingerprint density at radius 1 is 1.53 bits per heavy atom. The first-order valence-corrected chi connectivity index (χ1v) is 5.87. The Labute approximate surface area is 101 Å². The Hall–Kier alpha value is -1.52. The van der Waals surface area contributed by atoms with Crippen LogP contribution in [0.5, 0.6) is 0 Å². The van der Waals surface area contributed by atoms with E-state index in [4.69, 9.17) is 4.74 Å². The Morgan fingerprint density at radius 2 is 2.24 bits per heavy atom. The first kappa shape index (κ1) is 12.0. The maximum absolute atomic E-state index is 12.0. The number of hydrogen-bond donors (Lipinski definition) is 0. The quantitative estimate of drug-likeness (QED) is 0.693. The summed E-state index contributed by atoms with van der Waals surface area (Å²) in [7, 11) is 0. The molecule has 94 valence electrons. The van der Waals surface area contributed by atoms with Crippen molar-refractivity contribution in [3.05, 3.63) is 18.0 Å². The number of amides is 1. The third-order valence-electron chi connectivity index (χ3n) is 2.73. The summed E-state index contributed by atoms with van der Waals surface area (Å²) in [4.78, 5) is 13.8. The first-order chi connectivity index (χ1) is 7.87. The molecule has 0 bridgehead atoms. The van der Waals surface area contributed by atoms with Crippen LogP contribution in [0.15, 0.2) is 12.3 Å². The van der Waals surface area contributed by atoms with Crippen LogP contribution in [-0.2, 0) is 17.8 Å². The van der Waals surface area contributed by atoms with E-state index in [1.54, 1.807) is 11.1 Å². The fourth-order valence-electron chi connectivity index (χ4n) is 1.90. The summed E-state index contributed by atoms with van der Waals surface area (Å²) in [6.07, 6.45) is 1.51. The number of ether oxygens (including phenoxy) is 1. The van der Waals surface area contributed by atoms with Crippen molar-refractivity contribution in [1.29, 1.82) is 0 Å². The van der Waals surface area contributed by atoms with Gasteiger partial charge in [0.25, 0.3) is 0 Å². The molecule has 1 aromatic rings. The molecule has 0 saturated carbocycles. The van der Waals surface area contributed by atoms with Gasteiger partial charge in [-0.1, -0.05) is 0 Å². The van der Waals surface area contributed by atoms with Gasteiger partial charge in [0.1, 0.15) is 5.60 Å². The van der Waals surface area contributed by atoms with E-state index in [2.05, 4.69) is 5.10 Å². The molecule has 2 heterocycles. The molecule has 1 amide bonds. The molecule has 5 nitrogen and oxygen atoms in total. The number of carbonyl (C=O) groups is 1. The van der Waals surface area contributed by atoms with E-state index in [0.29, 0.717) is 6.54 Å². The van der Waals surface area contributed by atoms with E-state index >= 15 is 0 Å². The average Bonchev–Trinajstić information content (AvgIpc) is 2.60. The number of fused-ring (bicyclic) bond motifs is 1. The Balaban J connectivity index is 2.10. The summed E-state index contributed by atoms with van der Waals surface area (Å²) in [5.41, 5.74) is 0.600. The summed E-state index contributed by atoms with van der Waals surface area (Å²) in [5, 5.41) is 4.21. The van der Waals surface area contributed by atoms with Crippen molar-refractivity contribution < 1.29 is 9.53 Å². The molecule has 1 aliphatic heterocycles. The molecule has 0 saturated heterocycles. The third kappa shape index (κ3) is 2.60. The van der Waals surface area contributed by atoms with Crippen LogP contribution in [0, 0.1) is 0 Å². The molecule has 0 unspecified atom stereocenters. The summed E-state index contributed by atoms with van der Waals surface area (Å²) in [6, 6.07) is 2.04. The Bertz CT molecular complexity index is 420. The Morgan fingerprint density at radius 3 is 2.88 bits per heavy atom. The second-order valence-corrected chi connectivity index (χ2v) is 5.46. The molecule has 0 spiro atoms. The highest BCUT2D eigenvalue weighted by Gasteiger charge is 2.30. The topological polar surface area (TPSA) is 47.4 Å². The van der Waals surface area contributed by atoms with Crippen LogP contribution in [-0.4, -0.2) is 32.4 Å². The van der Waals surface area contributed by atoms with Crippen molar-refractivity contribution >= 4 is 6.09 Å².